The summed E-state index contributed by atoms with van der Waals surface area (Å²) in [5.74, 6) is -0.243. The van der Waals surface area contributed by atoms with Crippen LogP contribution in [0.1, 0.15) is 39.5 Å². The molecule has 1 fully saturated rings. The number of esters is 1. The summed E-state index contributed by atoms with van der Waals surface area (Å²) >= 11 is 0. The SMILES string of the molecule is CC=CC(=O)OC(CC)C1([SiH](C)C)CCCCO1. The minimum absolute atomic E-state index is 0.0897. The van der Waals surface area contributed by atoms with Gasteiger partial charge in [0.15, 0.2) is 0 Å². The van der Waals surface area contributed by atoms with E-state index in [-0.39, 0.29) is 17.3 Å². The van der Waals surface area contributed by atoms with Crippen molar-refractivity contribution >= 4 is 14.8 Å². The van der Waals surface area contributed by atoms with Crippen molar-refractivity contribution in [1.82, 2.24) is 0 Å². The van der Waals surface area contributed by atoms with Gasteiger partial charge < -0.3 is 9.47 Å². The van der Waals surface area contributed by atoms with E-state index < -0.39 is 8.80 Å². The van der Waals surface area contributed by atoms with Crippen LogP contribution in [-0.4, -0.2) is 32.7 Å². The van der Waals surface area contributed by atoms with Gasteiger partial charge in [0.2, 0.25) is 0 Å². The van der Waals surface area contributed by atoms with Crippen molar-refractivity contribution in [2.75, 3.05) is 6.61 Å². The van der Waals surface area contributed by atoms with E-state index in [0.717, 1.165) is 25.9 Å². The predicted octanol–water partition coefficient (Wildman–Crippen LogP) is 2.85. The Hall–Kier alpha value is -0.613. The molecular formula is C14H26O3Si. The molecule has 0 N–H and O–H groups in total. The molecule has 0 aromatic rings. The average molecular weight is 270 g/mol. The second-order valence-corrected chi connectivity index (χ2v) is 8.54. The van der Waals surface area contributed by atoms with E-state index in [1.807, 2.05) is 6.92 Å². The molecule has 2 unspecified atom stereocenters. The molecule has 1 heterocycles. The average Bonchev–Trinajstić information content (AvgIpc) is 2.37. The molecular weight excluding hydrogens is 244 g/mol. The Bertz CT molecular complexity index is 293. The Morgan fingerprint density at radius 2 is 2.22 bits per heavy atom. The lowest BCUT2D eigenvalue weighted by atomic mass is 10.0. The van der Waals surface area contributed by atoms with Crippen molar-refractivity contribution in [2.45, 2.75) is 64.0 Å². The topological polar surface area (TPSA) is 35.5 Å². The fourth-order valence-corrected chi connectivity index (χ4v) is 5.04. The van der Waals surface area contributed by atoms with E-state index in [1.54, 1.807) is 6.08 Å². The summed E-state index contributed by atoms with van der Waals surface area (Å²) < 4.78 is 11.7. The normalized spacial score (nSPS) is 26.5. The molecule has 4 heteroatoms. The van der Waals surface area contributed by atoms with Gasteiger partial charge in [-0.05, 0) is 32.6 Å². The minimum Gasteiger partial charge on any atom is -0.457 e. The van der Waals surface area contributed by atoms with Crippen LogP contribution >= 0.6 is 0 Å². The van der Waals surface area contributed by atoms with Gasteiger partial charge in [-0.25, -0.2) is 4.79 Å². The molecule has 0 radical (unpaired) electrons. The first-order valence-corrected chi connectivity index (χ1v) is 9.92. The Balaban J connectivity index is 2.83. The fourth-order valence-electron chi connectivity index (χ4n) is 2.76. The van der Waals surface area contributed by atoms with Crippen molar-refractivity contribution < 1.29 is 14.3 Å². The van der Waals surface area contributed by atoms with Crippen LogP contribution in [0, 0.1) is 0 Å². The Morgan fingerprint density at radius 3 is 2.67 bits per heavy atom. The van der Waals surface area contributed by atoms with E-state index in [2.05, 4.69) is 20.0 Å². The zero-order valence-electron chi connectivity index (χ0n) is 12.1. The zero-order chi connectivity index (χ0) is 13.6. The molecule has 1 saturated heterocycles. The summed E-state index contributed by atoms with van der Waals surface area (Å²) in [7, 11) is -1.07. The molecule has 0 saturated carbocycles. The Kier molecular flexibility index (Phi) is 6.09. The van der Waals surface area contributed by atoms with Crippen molar-refractivity contribution in [1.29, 1.82) is 0 Å². The van der Waals surface area contributed by atoms with Gasteiger partial charge in [-0.2, -0.15) is 0 Å². The van der Waals surface area contributed by atoms with Crippen molar-refractivity contribution in [3.05, 3.63) is 12.2 Å². The van der Waals surface area contributed by atoms with Gasteiger partial charge in [0.1, 0.15) is 6.10 Å². The summed E-state index contributed by atoms with van der Waals surface area (Å²) in [6, 6.07) is 0. The summed E-state index contributed by atoms with van der Waals surface area (Å²) in [6.07, 6.45) is 7.29. The minimum atomic E-state index is -1.07. The highest BCUT2D eigenvalue weighted by molar-refractivity contribution is 6.59. The molecule has 0 aromatic carbocycles. The maximum absolute atomic E-state index is 11.7. The van der Waals surface area contributed by atoms with Gasteiger partial charge in [-0.1, -0.05) is 26.1 Å². The first-order valence-electron chi connectivity index (χ1n) is 7.04. The van der Waals surface area contributed by atoms with E-state index in [1.165, 1.54) is 12.5 Å². The van der Waals surface area contributed by atoms with Crippen LogP contribution in [0.3, 0.4) is 0 Å². The number of rotatable bonds is 5. The number of carbonyl (C=O) groups excluding carboxylic acids is 1. The lowest BCUT2D eigenvalue weighted by Gasteiger charge is -2.45. The molecule has 104 valence electrons. The summed E-state index contributed by atoms with van der Waals surface area (Å²) in [6.45, 7) is 9.29. The number of ether oxygens (including phenoxy) is 2. The van der Waals surface area contributed by atoms with E-state index >= 15 is 0 Å². The molecule has 0 aromatic heterocycles. The molecule has 0 aliphatic carbocycles. The highest BCUT2D eigenvalue weighted by atomic mass is 28.3. The van der Waals surface area contributed by atoms with Crippen LogP contribution in [0.5, 0.6) is 0 Å². The van der Waals surface area contributed by atoms with Gasteiger partial charge in [-0.15, -0.1) is 0 Å². The lowest BCUT2D eigenvalue weighted by molar-refractivity contribution is -0.161. The Labute approximate surface area is 112 Å². The molecule has 18 heavy (non-hydrogen) atoms. The molecule has 0 bridgehead atoms. The smallest absolute Gasteiger partial charge is 0.330 e. The number of carbonyl (C=O) groups is 1. The third-order valence-corrected chi connectivity index (χ3v) is 6.57. The molecule has 3 nitrogen and oxygen atoms in total. The van der Waals surface area contributed by atoms with Gasteiger partial charge in [0.05, 0.1) is 14.0 Å². The first-order chi connectivity index (χ1) is 8.56. The number of hydrogen-bond acceptors (Lipinski definition) is 3. The second kappa shape index (κ2) is 7.09. The van der Waals surface area contributed by atoms with E-state index in [4.69, 9.17) is 9.47 Å². The third kappa shape index (κ3) is 3.45. The van der Waals surface area contributed by atoms with Crippen LogP contribution in [0.2, 0.25) is 13.1 Å². The second-order valence-electron chi connectivity index (χ2n) is 5.25. The summed E-state index contributed by atoms with van der Waals surface area (Å²) in [5.41, 5.74) is 0. The molecule has 0 spiro atoms. The number of allylic oxidation sites excluding steroid dienone is 1. The van der Waals surface area contributed by atoms with E-state index in [9.17, 15) is 4.79 Å². The van der Waals surface area contributed by atoms with Gasteiger partial charge in [-0.3, -0.25) is 0 Å². The van der Waals surface area contributed by atoms with Gasteiger partial charge in [0, 0.05) is 12.7 Å². The monoisotopic (exact) mass is 270 g/mol. The maximum atomic E-state index is 11.7. The highest BCUT2D eigenvalue weighted by Gasteiger charge is 2.45. The number of hydrogen-bond donors (Lipinski definition) is 0. The summed E-state index contributed by atoms with van der Waals surface area (Å²) in [4.78, 5) is 11.7. The third-order valence-electron chi connectivity index (χ3n) is 3.79. The van der Waals surface area contributed by atoms with Gasteiger partial charge >= 0.3 is 5.97 Å². The van der Waals surface area contributed by atoms with Crippen molar-refractivity contribution in [2.24, 2.45) is 0 Å². The highest BCUT2D eigenvalue weighted by Crippen LogP contribution is 2.34. The quantitative estimate of drug-likeness (QED) is 0.438. The first kappa shape index (κ1) is 15.4. The Morgan fingerprint density at radius 1 is 1.50 bits per heavy atom. The van der Waals surface area contributed by atoms with E-state index in [0.29, 0.717) is 0 Å². The predicted molar refractivity (Wildman–Crippen MR) is 76.4 cm³/mol. The molecule has 2 atom stereocenters. The summed E-state index contributed by atoms with van der Waals surface area (Å²) in [5, 5.41) is -0.162. The van der Waals surface area contributed by atoms with Crippen LogP contribution in [0.4, 0.5) is 0 Å². The van der Waals surface area contributed by atoms with Crippen molar-refractivity contribution in [3.8, 4) is 0 Å². The molecule has 1 rings (SSSR count). The fraction of sp³-hybridized carbons (Fsp3) is 0.786. The maximum Gasteiger partial charge on any atom is 0.330 e. The zero-order valence-corrected chi connectivity index (χ0v) is 13.2. The largest absolute Gasteiger partial charge is 0.457 e. The molecule has 0 amide bonds. The molecule has 1 aliphatic heterocycles. The van der Waals surface area contributed by atoms with Crippen molar-refractivity contribution in [3.63, 3.8) is 0 Å². The lowest BCUT2D eigenvalue weighted by Crippen LogP contribution is -2.57. The van der Waals surface area contributed by atoms with Gasteiger partial charge in [0.25, 0.3) is 0 Å². The molecule has 1 aliphatic rings. The standard InChI is InChI=1S/C14H26O3Si/c1-5-9-13(15)17-12(6-2)14(18(3)4)10-7-8-11-16-14/h5,9,12,18H,6-8,10-11H2,1-4H3. The van der Waals surface area contributed by atoms with Crippen LogP contribution < -0.4 is 0 Å². The van der Waals surface area contributed by atoms with Crippen LogP contribution in [0.25, 0.3) is 0 Å². The van der Waals surface area contributed by atoms with Crippen LogP contribution in [0.15, 0.2) is 12.2 Å². The van der Waals surface area contributed by atoms with Crippen LogP contribution in [-0.2, 0) is 14.3 Å².